The molecule has 0 aliphatic rings. The molecule has 2 unspecified atom stereocenters. The van der Waals surface area contributed by atoms with Gasteiger partial charge < -0.3 is 15.7 Å². The molecule has 0 fully saturated rings. The van der Waals surface area contributed by atoms with Gasteiger partial charge in [-0.2, -0.15) is 0 Å². The number of nitrogens with two attached hydrogens (primary N) is 1. The highest BCUT2D eigenvalue weighted by Gasteiger charge is 2.10. The van der Waals surface area contributed by atoms with Crippen LogP contribution in [0.3, 0.4) is 0 Å². The number of aliphatic hydroxyl groups is 1. The summed E-state index contributed by atoms with van der Waals surface area (Å²) in [6, 6.07) is 5.75. The third-order valence-corrected chi connectivity index (χ3v) is 2.75. The van der Waals surface area contributed by atoms with Gasteiger partial charge in [-0.1, -0.05) is 17.7 Å². The molecule has 0 amide bonds. The van der Waals surface area contributed by atoms with Crippen LogP contribution in [0.1, 0.15) is 25.5 Å². The summed E-state index contributed by atoms with van der Waals surface area (Å²) in [4.78, 5) is 1.93. The lowest BCUT2D eigenvalue weighted by molar-refractivity contribution is 0.201. The molecule has 0 aliphatic heterocycles. The molecule has 4 heteroatoms. The third-order valence-electron chi connectivity index (χ3n) is 2.45. The van der Waals surface area contributed by atoms with Gasteiger partial charge in [0.25, 0.3) is 0 Å². The number of anilines is 1. The Hall–Kier alpha value is -0.770. The van der Waals surface area contributed by atoms with Crippen LogP contribution in [0, 0.1) is 0 Å². The first-order valence-electron chi connectivity index (χ1n) is 5.36. The Bertz CT molecular complexity index is 353. The zero-order valence-electron chi connectivity index (χ0n) is 9.94. The van der Waals surface area contributed by atoms with Gasteiger partial charge in [0.15, 0.2) is 0 Å². The fourth-order valence-electron chi connectivity index (χ4n) is 1.61. The Kier molecular flexibility index (Phi) is 4.59. The average molecular weight is 243 g/mol. The topological polar surface area (TPSA) is 49.5 Å². The van der Waals surface area contributed by atoms with Crippen LogP contribution < -0.4 is 10.6 Å². The lowest BCUT2D eigenvalue weighted by Gasteiger charge is -2.22. The maximum absolute atomic E-state index is 9.31. The minimum absolute atomic E-state index is 0.0198. The van der Waals surface area contributed by atoms with Crippen molar-refractivity contribution in [1.29, 1.82) is 0 Å². The van der Waals surface area contributed by atoms with E-state index in [1.54, 1.807) is 6.92 Å². The molecule has 3 N–H and O–H groups in total. The van der Waals surface area contributed by atoms with E-state index in [-0.39, 0.29) is 12.1 Å². The first-order valence-corrected chi connectivity index (χ1v) is 5.74. The quantitative estimate of drug-likeness (QED) is 0.851. The van der Waals surface area contributed by atoms with E-state index in [0.717, 1.165) is 11.3 Å². The number of hydrogen-bond acceptors (Lipinski definition) is 3. The Balaban J connectivity index is 2.90. The van der Waals surface area contributed by atoms with E-state index in [9.17, 15) is 5.11 Å². The molecular weight excluding hydrogens is 224 g/mol. The SMILES string of the molecule is CC(O)CN(C)c1ccc(C(C)N)cc1Cl. The fraction of sp³-hybridized carbons (Fsp3) is 0.500. The molecule has 0 bridgehead atoms. The lowest BCUT2D eigenvalue weighted by Crippen LogP contribution is -2.27. The van der Waals surface area contributed by atoms with Crippen LogP contribution >= 0.6 is 11.6 Å². The largest absolute Gasteiger partial charge is 0.392 e. The van der Waals surface area contributed by atoms with Crippen molar-refractivity contribution < 1.29 is 5.11 Å². The summed E-state index contributed by atoms with van der Waals surface area (Å²) in [7, 11) is 1.90. The van der Waals surface area contributed by atoms with Crippen LogP contribution in [-0.4, -0.2) is 24.8 Å². The first kappa shape index (κ1) is 13.3. The van der Waals surface area contributed by atoms with Crippen LogP contribution in [0.4, 0.5) is 5.69 Å². The maximum atomic E-state index is 9.31. The zero-order valence-corrected chi connectivity index (χ0v) is 10.7. The van der Waals surface area contributed by atoms with Crippen molar-refractivity contribution in [2.45, 2.75) is 26.0 Å². The van der Waals surface area contributed by atoms with Gasteiger partial charge in [0.1, 0.15) is 0 Å². The molecule has 0 saturated heterocycles. The number of likely N-dealkylation sites (N-methyl/N-ethyl adjacent to an activating group) is 1. The summed E-state index contributed by atoms with van der Waals surface area (Å²) in [5, 5.41) is 9.98. The standard InChI is InChI=1S/C12H19ClN2O/c1-8(16)7-15(3)12-5-4-10(9(2)14)6-11(12)13/h4-6,8-9,16H,7,14H2,1-3H3. The van der Waals surface area contributed by atoms with Crippen molar-refractivity contribution >= 4 is 17.3 Å². The fourth-order valence-corrected chi connectivity index (χ4v) is 1.94. The molecule has 0 aliphatic carbocycles. The van der Waals surface area contributed by atoms with Crippen LogP contribution in [0.2, 0.25) is 5.02 Å². The average Bonchev–Trinajstić information content (AvgIpc) is 2.15. The van der Waals surface area contributed by atoms with Crippen molar-refractivity contribution in [3.8, 4) is 0 Å². The zero-order chi connectivity index (χ0) is 12.3. The molecule has 2 atom stereocenters. The molecule has 0 spiro atoms. The monoisotopic (exact) mass is 242 g/mol. The molecule has 0 saturated carbocycles. The van der Waals surface area contributed by atoms with Gasteiger partial charge in [-0.3, -0.25) is 0 Å². The summed E-state index contributed by atoms with van der Waals surface area (Å²) in [6.07, 6.45) is -0.380. The molecule has 0 heterocycles. The number of hydrogen-bond donors (Lipinski definition) is 2. The molecular formula is C12H19ClN2O. The Morgan fingerprint density at radius 2 is 2.06 bits per heavy atom. The van der Waals surface area contributed by atoms with Crippen molar-refractivity contribution in [2.75, 3.05) is 18.5 Å². The number of aliphatic hydroxyl groups excluding tert-OH is 1. The van der Waals surface area contributed by atoms with E-state index >= 15 is 0 Å². The van der Waals surface area contributed by atoms with E-state index in [0.29, 0.717) is 11.6 Å². The van der Waals surface area contributed by atoms with E-state index in [4.69, 9.17) is 17.3 Å². The molecule has 0 radical (unpaired) electrons. The summed E-state index contributed by atoms with van der Waals surface area (Å²) in [5.74, 6) is 0. The van der Waals surface area contributed by atoms with E-state index in [1.165, 1.54) is 0 Å². The van der Waals surface area contributed by atoms with Gasteiger partial charge >= 0.3 is 0 Å². The molecule has 0 aromatic heterocycles. The van der Waals surface area contributed by atoms with Crippen LogP contribution in [0.5, 0.6) is 0 Å². The highest BCUT2D eigenvalue weighted by atomic mass is 35.5. The van der Waals surface area contributed by atoms with Gasteiger partial charge in [-0.25, -0.2) is 0 Å². The predicted molar refractivity (Wildman–Crippen MR) is 69.0 cm³/mol. The number of benzene rings is 1. The number of nitrogens with zero attached hydrogens (tertiary/aromatic N) is 1. The predicted octanol–water partition coefficient (Wildman–Crippen LogP) is 2.18. The summed E-state index contributed by atoms with van der Waals surface area (Å²) < 4.78 is 0. The number of rotatable bonds is 4. The van der Waals surface area contributed by atoms with Gasteiger partial charge in [-0.05, 0) is 31.5 Å². The molecule has 16 heavy (non-hydrogen) atoms. The third kappa shape index (κ3) is 3.37. The first-order chi connectivity index (χ1) is 7.41. The molecule has 90 valence electrons. The van der Waals surface area contributed by atoms with E-state index in [2.05, 4.69) is 0 Å². The Morgan fingerprint density at radius 1 is 1.44 bits per heavy atom. The van der Waals surface area contributed by atoms with Crippen LogP contribution in [0.25, 0.3) is 0 Å². The van der Waals surface area contributed by atoms with Crippen LogP contribution in [0.15, 0.2) is 18.2 Å². The maximum Gasteiger partial charge on any atom is 0.0686 e. The molecule has 1 aromatic rings. The second-order valence-corrected chi connectivity index (χ2v) is 4.64. The highest BCUT2D eigenvalue weighted by molar-refractivity contribution is 6.33. The molecule has 3 nitrogen and oxygen atoms in total. The Labute approximate surface area is 102 Å². The van der Waals surface area contributed by atoms with E-state index < -0.39 is 0 Å². The van der Waals surface area contributed by atoms with Crippen molar-refractivity contribution in [3.05, 3.63) is 28.8 Å². The minimum atomic E-state index is -0.380. The summed E-state index contributed by atoms with van der Waals surface area (Å²) >= 11 is 6.17. The molecule has 1 aromatic carbocycles. The van der Waals surface area contributed by atoms with Gasteiger partial charge in [-0.15, -0.1) is 0 Å². The lowest BCUT2D eigenvalue weighted by atomic mass is 10.1. The molecule has 1 rings (SSSR count). The minimum Gasteiger partial charge on any atom is -0.392 e. The Morgan fingerprint density at radius 3 is 2.50 bits per heavy atom. The normalized spacial score (nSPS) is 14.6. The second-order valence-electron chi connectivity index (χ2n) is 4.23. The van der Waals surface area contributed by atoms with E-state index in [1.807, 2.05) is 37.1 Å². The van der Waals surface area contributed by atoms with Crippen molar-refractivity contribution in [3.63, 3.8) is 0 Å². The van der Waals surface area contributed by atoms with Crippen LogP contribution in [-0.2, 0) is 0 Å². The van der Waals surface area contributed by atoms with Crippen molar-refractivity contribution in [2.24, 2.45) is 5.73 Å². The van der Waals surface area contributed by atoms with Crippen molar-refractivity contribution in [1.82, 2.24) is 0 Å². The van der Waals surface area contributed by atoms with Gasteiger partial charge in [0.05, 0.1) is 16.8 Å². The second kappa shape index (κ2) is 5.53. The van der Waals surface area contributed by atoms with Gasteiger partial charge in [0, 0.05) is 19.6 Å². The van der Waals surface area contributed by atoms with Gasteiger partial charge in [0.2, 0.25) is 0 Å². The highest BCUT2D eigenvalue weighted by Crippen LogP contribution is 2.27. The smallest absolute Gasteiger partial charge is 0.0686 e. The number of halogens is 1. The summed E-state index contributed by atoms with van der Waals surface area (Å²) in [5.41, 5.74) is 7.70. The summed E-state index contributed by atoms with van der Waals surface area (Å²) in [6.45, 7) is 4.23.